The van der Waals surface area contributed by atoms with E-state index >= 15 is 0 Å². The number of nitrogen functional groups attached to an aromatic ring is 1. The molecule has 1 unspecified atom stereocenters. The lowest BCUT2D eigenvalue weighted by atomic mass is 10.2. The smallest absolute Gasteiger partial charge is 0.239 e. The van der Waals surface area contributed by atoms with Crippen LogP contribution in [0.1, 0.15) is 13.3 Å². The predicted octanol–water partition coefficient (Wildman–Crippen LogP) is 0.516. The molecule has 1 saturated heterocycles. The molecule has 17 heavy (non-hydrogen) atoms. The summed E-state index contributed by atoms with van der Waals surface area (Å²) in [6.45, 7) is 3.87. The summed E-state index contributed by atoms with van der Waals surface area (Å²) in [5.74, 6) is 5.25. The molecule has 1 aliphatic heterocycles. The van der Waals surface area contributed by atoms with Crippen LogP contribution in [0.3, 0.4) is 0 Å². The van der Waals surface area contributed by atoms with E-state index in [1.165, 1.54) is 0 Å². The maximum atomic E-state index is 13.6. The lowest BCUT2D eigenvalue weighted by molar-refractivity contribution is 0.0379. The Labute approximate surface area is 99.0 Å². The average molecular weight is 241 g/mol. The van der Waals surface area contributed by atoms with E-state index in [9.17, 15) is 4.39 Å². The Kier molecular flexibility index (Phi) is 3.70. The zero-order valence-corrected chi connectivity index (χ0v) is 9.69. The minimum Gasteiger partial charge on any atom is -0.375 e. The first-order valence-corrected chi connectivity index (χ1v) is 5.60. The van der Waals surface area contributed by atoms with E-state index in [1.54, 1.807) is 0 Å². The molecule has 7 heteroatoms. The van der Waals surface area contributed by atoms with E-state index in [0.717, 1.165) is 12.6 Å². The third-order valence-corrected chi connectivity index (χ3v) is 2.75. The maximum Gasteiger partial charge on any atom is 0.239 e. The summed E-state index contributed by atoms with van der Waals surface area (Å²) in [5, 5.41) is 0. The third kappa shape index (κ3) is 2.62. The van der Waals surface area contributed by atoms with Crippen LogP contribution in [0.4, 0.5) is 16.2 Å². The van der Waals surface area contributed by atoms with Gasteiger partial charge in [-0.3, -0.25) is 5.43 Å². The minimum atomic E-state index is -0.444. The van der Waals surface area contributed by atoms with Gasteiger partial charge in [0.25, 0.3) is 0 Å². The first-order valence-electron chi connectivity index (χ1n) is 5.60. The Hall–Kier alpha value is -1.47. The molecule has 3 N–H and O–H groups in total. The highest BCUT2D eigenvalue weighted by Gasteiger charge is 2.22. The number of hydrogen-bond donors (Lipinski definition) is 2. The van der Waals surface area contributed by atoms with Crippen molar-refractivity contribution in [2.75, 3.05) is 30.0 Å². The monoisotopic (exact) mass is 241 g/mol. The van der Waals surface area contributed by atoms with Crippen LogP contribution in [-0.4, -0.2) is 35.8 Å². The second kappa shape index (κ2) is 5.24. The van der Waals surface area contributed by atoms with Crippen LogP contribution >= 0.6 is 0 Å². The van der Waals surface area contributed by atoms with Gasteiger partial charge in [-0.05, 0) is 6.42 Å². The number of rotatable bonds is 3. The molecule has 1 aromatic rings. The molecule has 1 fully saturated rings. The number of hydrazine groups is 1. The highest BCUT2D eigenvalue weighted by molar-refractivity contribution is 5.44. The first kappa shape index (κ1) is 12.0. The van der Waals surface area contributed by atoms with Gasteiger partial charge in [0, 0.05) is 13.1 Å². The molecule has 1 aliphatic rings. The molecule has 0 spiro atoms. The lowest BCUT2D eigenvalue weighted by Gasteiger charge is -2.33. The zero-order chi connectivity index (χ0) is 12.3. The molecule has 2 rings (SSSR count). The molecule has 0 aromatic carbocycles. The molecule has 0 saturated carbocycles. The Balaban J connectivity index is 2.20. The summed E-state index contributed by atoms with van der Waals surface area (Å²) >= 11 is 0. The van der Waals surface area contributed by atoms with E-state index in [0.29, 0.717) is 19.7 Å². The van der Waals surface area contributed by atoms with Gasteiger partial charge < -0.3 is 9.64 Å². The SMILES string of the molecule is CCC1CN(c2nc(NN)ncc2F)CCO1. The molecule has 0 radical (unpaired) electrons. The van der Waals surface area contributed by atoms with Crippen molar-refractivity contribution >= 4 is 11.8 Å². The number of ether oxygens (including phenoxy) is 1. The van der Waals surface area contributed by atoms with Crippen molar-refractivity contribution in [2.45, 2.75) is 19.4 Å². The van der Waals surface area contributed by atoms with Crippen molar-refractivity contribution in [3.8, 4) is 0 Å². The number of aromatic nitrogens is 2. The molecule has 2 heterocycles. The number of anilines is 2. The van der Waals surface area contributed by atoms with E-state index in [4.69, 9.17) is 10.6 Å². The van der Waals surface area contributed by atoms with Gasteiger partial charge in [0.15, 0.2) is 11.6 Å². The summed E-state index contributed by atoms with van der Waals surface area (Å²) < 4.78 is 19.2. The Morgan fingerprint density at radius 1 is 1.71 bits per heavy atom. The lowest BCUT2D eigenvalue weighted by Crippen LogP contribution is -2.43. The number of nitrogens with two attached hydrogens (primary N) is 1. The predicted molar refractivity (Wildman–Crippen MR) is 62.0 cm³/mol. The van der Waals surface area contributed by atoms with Gasteiger partial charge in [0.05, 0.1) is 18.9 Å². The van der Waals surface area contributed by atoms with Gasteiger partial charge in [-0.1, -0.05) is 6.92 Å². The molecule has 6 nitrogen and oxygen atoms in total. The van der Waals surface area contributed by atoms with Gasteiger partial charge in [0.1, 0.15) is 0 Å². The summed E-state index contributed by atoms with van der Waals surface area (Å²) in [7, 11) is 0. The summed E-state index contributed by atoms with van der Waals surface area (Å²) in [6, 6.07) is 0. The summed E-state index contributed by atoms with van der Waals surface area (Å²) in [6.07, 6.45) is 2.13. The quantitative estimate of drug-likeness (QED) is 0.593. The van der Waals surface area contributed by atoms with Crippen molar-refractivity contribution in [1.82, 2.24) is 9.97 Å². The highest BCUT2D eigenvalue weighted by atomic mass is 19.1. The molecule has 0 bridgehead atoms. The van der Waals surface area contributed by atoms with Crippen molar-refractivity contribution in [3.63, 3.8) is 0 Å². The molecule has 0 aliphatic carbocycles. The second-order valence-electron chi connectivity index (χ2n) is 3.86. The largest absolute Gasteiger partial charge is 0.375 e. The van der Waals surface area contributed by atoms with Crippen molar-refractivity contribution in [1.29, 1.82) is 0 Å². The van der Waals surface area contributed by atoms with Crippen LogP contribution in [0.5, 0.6) is 0 Å². The third-order valence-electron chi connectivity index (χ3n) is 2.75. The molecule has 1 atom stereocenters. The van der Waals surface area contributed by atoms with E-state index in [2.05, 4.69) is 15.4 Å². The summed E-state index contributed by atoms with van der Waals surface area (Å²) in [5.41, 5.74) is 2.31. The molecule has 1 aromatic heterocycles. The number of hydrogen-bond acceptors (Lipinski definition) is 6. The van der Waals surface area contributed by atoms with Gasteiger partial charge in [-0.15, -0.1) is 0 Å². The molecular formula is C10H16FN5O. The van der Waals surface area contributed by atoms with Crippen LogP contribution in [0.15, 0.2) is 6.20 Å². The molecule has 94 valence electrons. The van der Waals surface area contributed by atoms with Crippen LogP contribution < -0.4 is 16.2 Å². The average Bonchev–Trinajstić information content (AvgIpc) is 2.39. The summed E-state index contributed by atoms with van der Waals surface area (Å²) in [4.78, 5) is 9.60. The van der Waals surface area contributed by atoms with Crippen molar-refractivity contribution in [2.24, 2.45) is 5.84 Å². The fraction of sp³-hybridized carbons (Fsp3) is 0.600. The minimum absolute atomic E-state index is 0.118. The van der Waals surface area contributed by atoms with Gasteiger partial charge >= 0.3 is 0 Å². The van der Waals surface area contributed by atoms with Crippen LogP contribution in [0, 0.1) is 5.82 Å². The van der Waals surface area contributed by atoms with Crippen LogP contribution in [-0.2, 0) is 4.74 Å². The number of nitrogens with one attached hydrogen (secondary N) is 1. The molecule has 0 amide bonds. The maximum absolute atomic E-state index is 13.6. The van der Waals surface area contributed by atoms with Crippen LogP contribution in [0.25, 0.3) is 0 Å². The second-order valence-corrected chi connectivity index (χ2v) is 3.86. The number of nitrogens with zero attached hydrogens (tertiary/aromatic N) is 3. The van der Waals surface area contributed by atoms with E-state index in [-0.39, 0.29) is 17.9 Å². The van der Waals surface area contributed by atoms with E-state index < -0.39 is 5.82 Å². The van der Waals surface area contributed by atoms with Gasteiger partial charge in [0.2, 0.25) is 5.95 Å². The Bertz CT molecular complexity index is 389. The highest BCUT2D eigenvalue weighted by Crippen LogP contribution is 2.20. The normalized spacial score (nSPS) is 20.4. The fourth-order valence-corrected chi connectivity index (χ4v) is 1.81. The van der Waals surface area contributed by atoms with Crippen molar-refractivity contribution in [3.05, 3.63) is 12.0 Å². The van der Waals surface area contributed by atoms with Crippen molar-refractivity contribution < 1.29 is 9.13 Å². The van der Waals surface area contributed by atoms with Crippen LogP contribution in [0.2, 0.25) is 0 Å². The number of morpholine rings is 1. The standard InChI is InChI=1S/C10H16FN5O/c1-2-7-6-16(3-4-17-7)9-8(11)5-13-10(14-9)15-12/h5,7H,2-4,6,12H2,1H3,(H,13,14,15). The number of halogens is 1. The Morgan fingerprint density at radius 2 is 2.53 bits per heavy atom. The fourth-order valence-electron chi connectivity index (χ4n) is 1.81. The Morgan fingerprint density at radius 3 is 3.24 bits per heavy atom. The first-order chi connectivity index (χ1) is 8.24. The molecular weight excluding hydrogens is 225 g/mol. The van der Waals surface area contributed by atoms with Gasteiger partial charge in [-0.25, -0.2) is 15.2 Å². The topological polar surface area (TPSA) is 76.3 Å². The zero-order valence-electron chi connectivity index (χ0n) is 9.69. The van der Waals surface area contributed by atoms with Gasteiger partial charge in [-0.2, -0.15) is 4.98 Å². The van der Waals surface area contributed by atoms with E-state index in [1.807, 2.05) is 11.8 Å².